The third kappa shape index (κ3) is 2.53. The molecule has 1 aromatic rings. The van der Waals surface area contributed by atoms with Gasteiger partial charge in [0.05, 0.1) is 0 Å². The molecular formula is C13H13NO3. The molecule has 4 nitrogen and oxygen atoms in total. The molecule has 1 aromatic carbocycles. The molecule has 0 bridgehead atoms. The summed E-state index contributed by atoms with van der Waals surface area (Å²) in [4.78, 5) is 22.0. The highest BCUT2D eigenvalue weighted by molar-refractivity contribution is 6.11. The predicted octanol–water partition coefficient (Wildman–Crippen LogP) is 1.13. The van der Waals surface area contributed by atoms with Crippen molar-refractivity contribution in [2.75, 3.05) is 0 Å². The predicted molar refractivity (Wildman–Crippen MR) is 62.4 cm³/mol. The maximum Gasteiger partial charge on any atom is 0.258 e. The number of nitrogens with one attached hydrogen (secondary N) is 1. The van der Waals surface area contributed by atoms with E-state index in [0.717, 1.165) is 5.56 Å². The standard InChI is InChI=1S/C13H13NO3/c15-8-11-12(16)7-10(14-13(11)17)6-9-4-2-1-3-5-9/h1-5,8,10,16H,6-7H2,(H,14,17). The summed E-state index contributed by atoms with van der Waals surface area (Å²) >= 11 is 0. The molecule has 88 valence electrons. The van der Waals surface area contributed by atoms with Gasteiger partial charge in [-0.15, -0.1) is 0 Å². The minimum Gasteiger partial charge on any atom is -0.511 e. The number of carbonyl (C=O) groups excluding carboxylic acids is 2. The largest absolute Gasteiger partial charge is 0.511 e. The smallest absolute Gasteiger partial charge is 0.258 e. The van der Waals surface area contributed by atoms with Crippen molar-refractivity contribution in [3.05, 3.63) is 47.2 Å². The van der Waals surface area contributed by atoms with Crippen molar-refractivity contribution < 1.29 is 14.7 Å². The van der Waals surface area contributed by atoms with Crippen LogP contribution in [0.25, 0.3) is 0 Å². The quantitative estimate of drug-likeness (QED) is 0.605. The van der Waals surface area contributed by atoms with Crippen LogP contribution < -0.4 is 5.32 Å². The Morgan fingerprint density at radius 2 is 2.06 bits per heavy atom. The summed E-state index contributed by atoms with van der Waals surface area (Å²) in [5.41, 5.74) is 0.925. The molecule has 2 rings (SSSR count). The third-order valence-electron chi connectivity index (χ3n) is 2.77. The van der Waals surface area contributed by atoms with Crippen LogP contribution in [-0.2, 0) is 16.0 Å². The lowest BCUT2D eigenvalue weighted by atomic mass is 9.97. The van der Waals surface area contributed by atoms with Crippen molar-refractivity contribution >= 4 is 12.2 Å². The lowest BCUT2D eigenvalue weighted by Crippen LogP contribution is -2.42. The molecule has 1 amide bonds. The first kappa shape index (κ1) is 11.4. The van der Waals surface area contributed by atoms with Gasteiger partial charge in [-0.3, -0.25) is 9.59 Å². The summed E-state index contributed by atoms with van der Waals surface area (Å²) in [5.74, 6) is -0.616. The van der Waals surface area contributed by atoms with Gasteiger partial charge in [0, 0.05) is 12.5 Å². The Hall–Kier alpha value is -2.10. The molecule has 1 aliphatic rings. The third-order valence-corrected chi connectivity index (χ3v) is 2.77. The second-order valence-electron chi connectivity index (χ2n) is 4.04. The Kier molecular flexibility index (Phi) is 3.23. The number of amides is 1. The van der Waals surface area contributed by atoms with Gasteiger partial charge >= 0.3 is 0 Å². The zero-order valence-electron chi connectivity index (χ0n) is 9.22. The maximum absolute atomic E-state index is 11.5. The van der Waals surface area contributed by atoms with Crippen LogP contribution in [0.1, 0.15) is 12.0 Å². The Morgan fingerprint density at radius 3 is 2.65 bits per heavy atom. The number of rotatable bonds is 3. The maximum atomic E-state index is 11.5. The molecule has 1 unspecified atom stereocenters. The van der Waals surface area contributed by atoms with E-state index < -0.39 is 5.91 Å². The summed E-state index contributed by atoms with van der Waals surface area (Å²) in [7, 11) is 0. The molecule has 0 saturated carbocycles. The summed E-state index contributed by atoms with van der Waals surface area (Å²) in [6.07, 6.45) is 1.33. The van der Waals surface area contributed by atoms with Gasteiger partial charge in [0.15, 0.2) is 6.29 Å². The Balaban J connectivity index is 2.10. The molecule has 1 heterocycles. The monoisotopic (exact) mass is 231 g/mol. The number of hydrogen-bond acceptors (Lipinski definition) is 3. The zero-order chi connectivity index (χ0) is 12.3. The van der Waals surface area contributed by atoms with E-state index >= 15 is 0 Å². The van der Waals surface area contributed by atoms with Crippen LogP contribution in [0, 0.1) is 0 Å². The van der Waals surface area contributed by atoms with Crippen LogP contribution in [0.5, 0.6) is 0 Å². The molecular weight excluding hydrogens is 218 g/mol. The normalized spacial score (nSPS) is 20.0. The molecule has 4 heteroatoms. The van der Waals surface area contributed by atoms with E-state index in [4.69, 9.17) is 0 Å². The van der Waals surface area contributed by atoms with Crippen molar-refractivity contribution in [2.24, 2.45) is 0 Å². The van der Waals surface area contributed by atoms with Crippen LogP contribution in [0.3, 0.4) is 0 Å². The zero-order valence-corrected chi connectivity index (χ0v) is 9.22. The molecule has 0 aliphatic carbocycles. The topological polar surface area (TPSA) is 66.4 Å². The lowest BCUT2D eigenvalue weighted by Gasteiger charge is -2.23. The van der Waals surface area contributed by atoms with Gasteiger partial charge in [-0.2, -0.15) is 0 Å². The Morgan fingerprint density at radius 1 is 1.35 bits per heavy atom. The van der Waals surface area contributed by atoms with Crippen molar-refractivity contribution in [3.63, 3.8) is 0 Å². The Bertz CT molecular complexity index is 465. The molecule has 0 aromatic heterocycles. The first-order chi connectivity index (χ1) is 8.20. The van der Waals surface area contributed by atoms with Crippen LogP contribution in [0.15, 0.2) is 41.7 Å². The van der Waals surface area contributed by atoms with Crippen molar-refractivity contribution in [1.29, 1.82) is 0 Å². The molecule has 17 heavy (non-hydrogen) atoms. The number of aliphatic hydroxyl groups excluding tert-OH is 1. The molecule has 1 aliphatic heterocycles. The fraction of sp³-hybridized carbons (Fsp3) is 0.231. The fourth-order valence-corrected chi connectivity index (χ4v) is 1.93. The lowest BCUT2D eigenvalue weighted by molar-refractivity contribution is -0.120. The van der Waals surface area contributed by atoms with E-state index in [1.807, 2.05) is 30.3 Å². The minimum absolute atomic E-state index is 0.121. The second kappa shape index (κ2) is 4.82. The van der Waals surface area contributed by atoms with Crippen molar-refractivity contribution in [3.8, 4) is 0 Å². The summed E-state index contributed by atoms with van der Waals surface area (Å²) < 4.78 is 0. The average Bonchev–Trinajstić information content (AvgIpc) is 2.30. The van der Waals surface area contributed by atoms with E-state index in [0.29, 0.717) is 19.1 Å². The van der Waals surface area contributed by atoms with E-state index in [1.165, 1.54) is 0 Å². The summed E-state index contributed by atoms with van der Waals surface area (Å²) in [6.45, 7) is 0. The van der Waals surface area contributed by atoms with E-state index in [1.54, 1.807) is 0 Å². The molecule has 0 saturated heterocycles. The van der Waals surface area contributed by atoms with Gasteiger partial charge in [-0.25, -0.2) is 0 Å². The second-order valence-corrected chi connectivity index (χ2v) is 4.04. The average molecular weight is 231 g/mol. The van der Waals surface area contributed by atoms with Gasteiger partial charge in [-0.1, -0.05) is 30.3 Å². The van der Waals surface area contributed by atoms with E-state index in [2.05, 4.69) is 5.32 Å². The Labute approximate surface area is 99.0 Å². The number of aldehydes is 1. The highest BCUT2D eigenvalue weighted by Gasteiger charge is 2.26. The summed E-state index contributed by atoms with van der Waals surface area (Å²) in [6, 6.07) is 9.53. The number of aliphatic hydroxyl groups is 1. The first-order valence-electron chi connectivity index (χ1n) is 5.43. The number of hydrogen-bond donors (Lipinski definition) is 2. The number of benzene rings is 1. The highest BCUT2D eigenvalue weighted by atomic mass is 16.3. The van der Waals surface area contributed by atoms with Crippen molar-refractivity contribution in [2.45, 2.75) is 18.9 Å². The van der Waals surface area contributed by atoms with Crippen LogP contribution in [0.4, 0.5) is 0 Å². The van der Waals surface area contributed by atoms with Gasteiger partial charge in [0.25, 0.3) is 5.91 Å². The SMILES string of the molecule is O=CC1=C(O)CC(Cc2ccccc2)NC1=O. The molecule has 0 spiro atoms. The molecule has 0 radical (unpaired) electrons. The van der Waals surface area contributed by atoms with Gasteiger partial charge in [-0.05, 0) is 12.0 Å². The molecule has 0 fully saturated rings. The van der Waals surface area contributed by atoms with E-state index in [-0.39, 0.29) is 17.4 Å². The van der Waals surface area contributed by atoms with Crippen LogP contribution in [-0.4, -0.2) is 23.3 Å². The van der Waals surface area contributed by atoms with Gasteiger partial charge in [0.1, 0.15) is 11.3 Å². The minimum atomic E-state index is -0.496. The summed E-state index contributed by atoms with van der Waals surface area (Å²) in [5, 5.41) is 12.3. The first-order valence-corrected chi connectivity index (χ1v) is 5.43. The van der Waals surface area contributed by atoms with Crippen LogP contribution in [0.2, 0.25) is 0 Å². The van der Waals surface area contributed by atoms with Crippen molar-refractivity contribution in [1.82, 2.24) is 5.32 Å². The fourth-order valence-electron chi connectivity index (χ4n) is 1.93. The molecule has 2 N–H and O–H groups in total. The van der Waals surface area contributed by atoms with Gasteiger partial charge < -0.3 is 10.4 Å². The van der Waals surface area contributed by atoms with E-state index in [9.17, 15) is 14.7 Å². The van der Waals surface area contributed by atoms with Gasteiger partial charge in [0.2, 0.25) is 0 Å². The van der Waals surface area contributed by atoms with Crippen LogP contribution >= 0.6 is 0 Å². The highest BCUT2D eigenvalue weighted by Crippen LogP contribution is 2.16. The molecule has 1 atom stereocenters. The number of carbonyl (C=O) groups is 2.